The molecule has 0 aliphatic rings. The third kappa shape index (κ3) is 3.18. The molecule has 0 spiro atoms. The van der Waals surface area contributed by atoms with Crippen molar-refractivity contribution in [2.75, 3.05) is 0 Å². The predicted molar refractivity (Wildman–Crippen MR) is 157 cm³/mol. The van der Waals surface area contributed by atoms with Crippen LogP contribution >= 0.6 is 0 Å². The molecule has 1 nitrogen and oxygen atoms in total. The summed E-state index contributed by atoms with van der Waals surface area (Å²) in [6, 6.07) is 48.0. The van der Waals surface area contributed by atoms with E-state index in [9.17, 15) is 0 Å². The number of fused-ring (bicyclic) bond motifs is 6. The van der Waals surface area contributed by atoms with E-state index >= 15 is 0 Å². The lowest BCUT2D eigenvalue weighted by Crippen LogP contribution is -1.86. The Balaban J connectivity index is 1.33. The van der Waals surface area contributed by atoms with E-state index in [2.05, 4.69) is 133 Å². The predicted octanol–water partition coefficient (Wildman–Crippen LogP) is 10.4. The highest BCUT2D eigenvalue weighted by Gasteiger charge is 2.13. The number of rotatable bonds is 2. The lowest BCUT2D eigenvalue weighted by Gasteiger charge is -2.13. The van der Waals surface area contributed by atoms with E-state index in [1.165, 1.54) is 54.6 Å². The van der Waals surface area contributed by atoms with E-state index in [-0.39, 0.29) is 0 Å². The van der Waals surface area contributed by atoms with Crippen LogP contribution in [0.3, 0.4) is 0 Å². The van der Waals surface area contributed by atoms with Crippen molar-refractivity contribution < 1.29 is 4.42 Å². The lowest BCUT2D eigenvalue weighted by molar-refractivity contribution is 0.669. The van der Waals surface area contributed by atoms with Crippen LogP contribution in [0.1, 0.15) is 0 Å². The number of hydrogen-bond donors (Lipinski definition) is 0. The molecule has 0 saturated heterocycles. The fourth-order valence-electron chi connectivity index (χ4n) is 5.79. The van der Waals surface area contributed by atoms with Gasteiger partial charge in [-0.25, -0.2) is 0 Å². The van der Waals surface area contributed by atoms with E-state index in [0.29, 0.717) is 0 Å². The lowest BCUT2D eigenvalue weighted by atomic mass is 9.91. The molecule has 0 aliphatic carbocycles. The zero-order valence-electron chi connectivity index (χ0n) is 20.1. The van der Waals surface area contributed by atoms with Crippen LogP contribution in [-0.2, 0) is 0 Å². The van der Waals surface area contributed by atoms with Crippen LogP contribution in [0.5, 0.6) is 0 Å². The Labute approximate surface area is 214 Å². The summed E-state index contributed by atoms with van der Waals surface area (Å²) >= 11 is 0. The molecule has 172 valence electrons. The van der Waals surface area contributed by atoms with Crippen molar-refractivity contribution in [3.63, 3.8) is 0 Å². The molecule has 0 bridgehead atoms. The first-order valence-corrected chi connectivity index (χ1v) is 12.7. The molecule has 1 heterocycles. The minimum atomic E-state index is 0.922. The second-order valence-corrected chi connectivity index (χ2v) is 9.78. The molecular weight excluding hydrogens is 448 g/mol. The quantitative estimate of drug-likeness (QED) is 0.245. The Morgan fingerprint density at radius 3 is 1.59 bits per heavy atom. The van der Waals surface area contributed by atoms with Crippen LogP contribution in [-0.4, -0.2) is 0 Å². The molecule has 1 aromatic heterocycles. The van der Waals surface area contributed by atoms with Gasteiger partial charge in [-0.05, 0) is 84.9 Å². The van der Waals surface area contributed by atoms with Gasteiger partial charge in [-0.3, -0.25) is 0 Å². The average Bonchev–Trinajstić information content (AvgIpc) is 3.31. The van der Waals surface area contributed by atoms with Crippen LogP contribution < -0.4 is 0 Å². The number of hydrogen-bond acceptors (Lipinski definition) is 1. The molecule has 0 atom stereocenters. The summed E-state index contributed by atoms with van der Waals surface area (Å²) in [5.41, 5.74) is 6.78. The molecule has 8 rings (SSSR count). The average molecular weight is 471 g/mol. The Bertz CT molecular complexity index is 2140. The fraction of sp³-hybridized carbons (Fsp3) is 0. The molecule has 0 aliphatic heterocycles. The molecule has 37 heavy (non-hydrogen) atoms. The minimum absolute atomic E-state index is 0.922. The molecule has 0 saturated carbocycles. The van der Waals surface area contributed by atoms with Crippen molar-refractivity contribution in [2.24, 2.45) is 0 Å². The van der Waals surface area contributed by atoms with Gasteiger partial charge in [0, 0.05) is 10.8 Å². The summed E-state index contributed by atoms with van der Waals surface area (Å²) in [6.45, 7) is 0. The van der Waals surface area contributed by atoms with E-state index in [1.807, 2.05) is 0 Å². The molecule has 0 N–H and O–H groups in total. The Morgan fingerprint density at radius 1 is 0.324 bits per heavy atom. The fourth-order valence-corrected chi connectivity index (χ4v) is 5.79. The third-order valence-electron chi connectivity index (χ3n) is 7.63. The molecule has 0 amide bonds. The molecule has 7 aromatic carbocycles. The van der Waals surface area contributed by atoms with Crippen LogP contribution in [0.15, 0.2) is 138 Å². The van der Waals surface area contributed by atoms with Gasteiger partial charge in [-0.1, -0.05) is 103 Å². The van der Waals surface area contributed by atoms with Crippen LogP contribution in [0.4, 0.5) is 0 Å². The monoisotopic (exact) mass is 470 g/mol. The molecule has 0 unspecified atom stereocenters. The summed E-state index contributed by atoms with van der Waals surface area (Å²) in [7, 11) is 0. The topological polar surface area (TPSA) is 13.1 Å². The zero-order chi connectivity index (χ0) is 24.3. The zero-order valence-corrected chi connectivity index (χ0v) is 20.1. The normalized spacial score (nSPS) is 11.8. The molecular formula is C36H22O. The SMILES string of the molecule is c1ccc2cc(-c3ccc(-c4ccc5oc6cc7ccccc7cc6c5c4)c4ccccc34)ccc2c1. The van der Waals surface area contributed by atoms with Gasteiger partial charge in [-0.2, -0.15) is 0 Å². The maximum absolute atomic E-state index is 6.25. The van der Waals surface area contributed by atoms with Crippen molar-refractivity contribution in [1.82, 2.24) is 0 Å². The van der Waals surface area contributed by atoms with Gasteiger partial charge in [-0.15, -0.1) is 0 Å². The first kappa shape index (κ1) is 20.3. The highest BCUT2D eigenvalue weighted by molar-refractivity contribution is 6.12. The van der Waals surface area contributed by atoms with Gasteiger partial charge in [0.1, 0.15) is 11.2 Å². The van der Waals surface area contributed by atoms with E-state index in [1.54, 1.807) is 0 Å². The summed E-state index contributed by atoms with van der Waals surface area (Å²) in [5, 5.41) is 9.79. The van der Waals surface area contributed by atoms with E-state index in [4.69, 9.17) is 4.42 Å². The van der Waals surface area contributed by atoms with E-state index < -0.39 is 0 Å². The maximum atomic E-state index is 6.25. The van der Waals surface area contributed by atoms with Crippen molar-refractivity contribution in [2.45, 2.75) is 0 Å². The summed E-state index contributed by atoms with van der Waals surface area (Å²) in [5.74, 6) is 0. The van der Waals surface area contributed by atoms with Crippen molar-refractivity contribution in [3.8, 4) is 22.3 Å². The third-order valence-corrected chi connectivity index (χ3v) is 7.63. The Hall–Kier alpha value is -4.88. The number of furan rings is 1. The van der Waals surface area contributed by atoms with Gasteiger partial charge in [0.2, 0.25) is 0 Å². The standard InChI is InChI=1S/C36H22O/c1-2-8-24-19-27(14-13-23(24)7-1)29-16-17-30(32-12-6-5-11-31(29)32)28-15-18-35-33(21-28)34-20-25-9-3-4-10-26(25)22-36(34)37-35/h1-22H. The van der Waals surface area contributed by atoms with Crippen molar-refractivity contribution in [3.05, 3.63) is 133 Å². The molecule has 0 radical (unpaired) electrons. The largest absolute Gasteiger partial charge is 0.456 e. The molecule has 8 aromatic rings. The molecule has 1 heteroatoms. The van der Waals surface area contributed by atoms with Gasteiger partial charge in [0.25, 0.3) is 0 Å². The highest BCUT2D eigenvalue weighted by Crippen LogP contribution is 2.39. The van der Waals surface area contributed by atoms with Crippen LogP contribution in [0.2, 0.25) is 0 Å². The maximum Gasteiger partial charge on any atom is 0.136 e. The number of benzene rings is 7. The minimum Gasteiger partial charge on any atom is -0.456 e. The summed E-state index contributed by atoms with van der Waals surface area (Å²) < 4.78 is 6.25. The van der Waals surface area contributed by atoms with Crippen molar-refractivity contribution in [1.29, 1.82) is 0 Å². The Morgan fingerprint density at radius 2 is 0.865 bits per heavy atom. The Kier molecular flexibility index (Phi) is 4.29. The van der Waals surface area contributed by atoms with Crippen LogP contribution in [0.25, 0.3) is 76.5 Å². The first-order chi connectivity index (χ1) is 18.3. The first-order valence-electron chi connectivity index (χ1n) is 12.7. The highest BCUT2D eigenvalue weighted by atomic mass is 16.3. The van der Waals surface area contributed by atoms with Crippen LogP contribution in [0, 0.1) is 0 Å². The smallest absolute Gasteiger partial charge is 0.136 e. The van der Waals surface area contributed by atoms with E-state index in [0.717, 1.165) is 21.9 Å². The van der Waals surface area contributed by atoms with Gasteiger partial charge in [0.15, 0.2) is 0 Å². The van der Waals surface area contributed by atoms with Gasteiger partial charge in [0.05, 0.1) is 0 Å². The van der Waals surface area contributed by atoms with Gasteiger partial charge < -0.3 is 4.42 Å². The second kappa shape index (κ2) is 7.81. The van der Waals surface area contributed by atoms with Crippen molar-refractivity contribution >= 4 is 54.3 Å². The second-order valence-electron chi connectivity index (χ2n) is 9.78. The van der Waals surface area contributed by atoms with Gasteiger partial charge >= 0.3 is 0 Å². The molecule has 0 fully saturated rings. The summed E-state index contributed by atoms with van der Waals surface area (Å²) in [4.78, 5) is 0. The summed E-state index contributed by atoms with van der Waals surface area (Å²) in [6.07, 6.45) is 0.